The minimum Gasteiger partial charge on any atom is -0.491 e. The number of aromatic nitrogens is 4. The van der Waals surface area contributed by atoms with Crippen LogP contribution in [0.4, 0.5) is 5.82 Å². The van der Waals surface area contributed by atoms with Gasteiger partial charge in [-0.25, -0.2) is 9.97 Å². The SMILES string of the molecule is COCCOc1ncc(-c2cc(C)c3c(n2)C(C)N(c2ccn(C)n2)C3=O)cc1OC. The van der Waals surface area contributed by atoms with Gasteiger partial charge in [-0.2, -0.15) is 5.10 Å². The number of carbonyl (C=O) groups excluding carboxylic acids is 1. The smallest absolute Gasteiger partial charge is 0.262 e. The van der Waals surface area contributed by atoms with Gasteiger partial charge < -0.3 is 14.2 Å². The highest BCUT2D eigenvalue weighted by Crippen LogP contribution is 2.39. The molecule has 0 saturated carbocycles. The van der Waals surface area contributed by atoms with Gasteiger partial charge in [-0.3, -0.25) is 14.4 Å². The number of nitrogens with zero attached hydrogens (tertiary/aromatic N) is 5. The minimum atomic E-state index is -0.234. The number of hydrogen-bond acceptors (Lipinski definition) is 7. The third-order valence-electron chi connectivity index (χ3n) is 5.27. The van der Waals surface area contributed by atoms with E-state index in [4.69, 9.17) is 19.2 Å². The molecule has 0 saturated heterocycles. The molecule has 3 aromatic heterocycles. The van der Waals surface area contributed by atoms with Gasteiger partial charge in [0.1, 0.15) is 6.61 Å². The first-order chi connectivity index (χ1) is 14.9. The van der Waals surface area contributed by atoms with E-state index in [-0.39, 0.29) is 11.9 Å². The normalized spacial score (nSPS) is 15.3. The number of amides is 1. The van der Waals surface area contributed by atoms with Gasteiger partial charge >= 0.3 is 0 Å². The summed E-state index contributed by atoms with van der Waals surface area (Å²) in [4.78, 5) is 24.0. The number of aryl methyl sites for hydroxylation is 2. The van der Waals surface area contributed by atoms with Crippen molar-refractivity contribution in [2.45, 2.75) is 19.9 Å². The maximum absolute atomic E-state index is 13.1. The van der Waals surface area contributed by atoms with Crippen LogP contribution in [0.1, 0.15) is 34.6 Å². The number of ether oxygens (including phenoxy) is 3. The van der Waals surface area contributed by atoms with Crippen LogP contribution in [-0.4, -0.2) is 53.1 Å². The molecule has 4 heterocycles. The van der Waals surface area contributed by atoms with Gasteiger partial charge in [-0.1, -0.05) is 0 Å². The molecule has 0 N–H and O–H groups in total. The monoisotopic (exact) mass is 423 g/mol. The first-order valence-corrected chi connectivity index (χ1v) is 9.95. The molecule has 0 aliphatic carbocycles. The molecular formula is C22H25N5O4. The lowest BCUT2D eigenvalue weighted by Gasteiger charge is -2.18. The first kappa shape index (κ1) is 20.8. The van der Waals surface area contributed by atoms with Crippen LogP contribution in [0.3, 0.4) is 0 Å². The van der Waals surface area contributed by atoms with Gasteiger partial charge in [0, 0.05) is 38.2 Å². The zero-order valence-electron chi connectivity index (χ0n) is 18.2. The maximum Gasteiger partial charge on any atom is 0.262 e. The van der Waals surface area contributed by atoms with E-state index in [0.29, 0.717) is 41.9 Å². The number of anilines is 1. The van der Waals surface area contributed by atoms with Crippen molar-refractivity contribution in [3.8, 4) is 22.9 Å². The van der Waals surface area contributed by atoms with Gasteiger partial charge in [0.05, 0.1) is 36.7 Å². The second-order valence-electron chi connectivity index (χ2n) is 7.36. The number of carbonyl (C=O) groups is 1. The molecule has 31 heavy (non-hydrogen) atoms. The number of hydrogen-bond donors (Lipinski definition) is 0. The molecule has 162 valence electrons. The molecule has 1 unspecified atom stereocenters. The molecule has 0 fully saturated rings. The Hall–Kier alpha value is -3.46. The van der Waals surface area contributed by atoms with Crippen LogP contribution in [0.15, 0.2) is 30.6 Å². The van der Waals surface area contributed by atoms with E-state index in [9.17, 15) is 4.79 Å². The molecule has 9 nitrogen and oxygen atoms in total. The Morgan fingerprint density at radius 3 is 2.68 bits per heavy atom. The van der Waals surface area contributed by atoms with E-state index in [0.717, 1.165) is 16.8 Å². The Bertz CT molecular complexity index is 1130. The predicted molar refractivity (Wildman–Crippen MR) is 115 cm³/mol. The van der Waals surface area contributed by atoms with Crippen LogP contribution in [0.25, 0.3) is 11.3 Å². The van der Waals surface area contributed by atoms with E-state index < -0.39 is 0 Å². The lowest BCUT2D eigenvalue weighted by molar-refractivity contribution is 0.0991. The van der Waals surface area contributed by atoms with Crippen LogP contribution in [-0.2, 0) is 11.8 Å². The van der Waals surface area contributed by atoms with Crippen molar-refractivity contribution in [2.75, 3.05) is 32.3 Å². The van der Waals surface area contributed by atoms with Gasteiger partial charge in [-0.05, 0) is 31.5 Å². The second-order valence-corrected chi connectivity index (χ2v) is 7.36. The fraction of sp³-hybridized carbons (Fsp3) is 0.364. The largest absolute Gasteiger partial charge is 0.491 e. The Morgan fingerprint density at radius 1 is 1.19 bits per heavy atom. The van der Waals surface area contributed by atoms with E-state index in [1.54, 1.807) is 30.0 Å². The van der Waals surface area contributed by atoms with Gasteiger partial charge in [0.25, 0.3) is 11.8 Å². The van der Waals surface area contributed by atoms with Gasteiger partial charge in [-0.15, -0.1) is 0 Å². The standard InChI is InChI=1S/C22H25N5O4/c1-13-10-16(15-11-17(30-5)21(23-12-15)31-9-8-29-4)24-20-14(2)27(22(28)19(13)20)18-6-7-26(3)25-18/h6-7,10-12,14H,8-9H2,1-5H3. The minimum absolute atomic E-state index is 0.0876. The third kappa shape index (κ3) is 3.72. The van der Waals surface area contributed by atoms with Crippen molar-refractivity contribution in [1.82, 2.24) is 19.7 Å². The first-order valence-electron chi connectivity index (χ1n) is 9.95. The molecule has 1 atom stereocenters. The van der Waals surface area contributed by atoms with Crippen LogP contribution in [0.2, 0.25) is 0 Å². The Morgan fingerprint density at radius 2 is 2.00 bits per heavy atom. The van der Waals surface area contributed by atoms with Crippen molar-refractivity contribution < 1.29 is 19.0 Å². The summed E-state index contributed by atoms with van der Waals surface area (Å²) in [7, 11) is 5.00. The second kappa shape index (κ2) is 8.35. The molecule has 3 aromatic rings. The molecule has 1 aliphatic heterocycles. The Balaban J connectivity index is 1.70. The Labute approximate surface area is 180 Å². The summed E-state index contributed by atoms with van der Waals surface area (Å²) >= 11 is 0. The molecule has 1 amide bonds. The van der Waals surface area contributed by atoms with Crippen molar-refractivity contribution in [3.05, 3.63) is 47.4 Å². The average molecular weight is 423 g/mol. The molecule has 1 aliphatic rings. The highest BCUT2D eigenvalue weighted by atomic mass is 16.5. The summed E-state index contributed by atoms with van der Waals surface area (Å²) in [6.45, 7) is 4.71. The lowest BCUT2D eigenvalue weighted by Crippen LogP contribution is -2.27. The highest BCUT2D eigenvalue weighted by Gasteiger charge is 2.39. The summed E-state index contributed by atoms with van der Waals surface area (Å²) in [5, 5.41) is 4.39. The van der Waals surface area contributed by atoms with Crippen molar-refractivity contribution in [2.24, 2.45) is 7.05 Å². The fourth-order valence-corrected chi connectivity index (χ4v) is 3.73. The molecule has 0 spiro atoms. The number of pyridine rings is 2. The molecule has 0 aromatic carbocycles. The molecule has 4 rings (SSSR count). The molecule has 9 heteroatoms. The fourth-order valence-electron chi connectivity index (χ4n) is 3.73. The average Bonchev–Trinajstić information content (AvgIpc) is 3.29. The maximum atomic E-state index is 13.1. The molecule has 0 radical (unpaired) electrons. The number of methoxy groups -OCH3 is 2. The zero-order valence-corrected chi connectivity index (χ0v) is 18.2. The summed E-state index contributed by atoms with van der Waals surface area (Å²) in [6, 6.07) is 5.32. The quantitative estimate of drug-likeness (QED) is 0.540. The summed E-state index contributed by atoms with van der Waals surface area (Å²) in [5.41, 5.74) is 3.70. The topological polar surface area (TPSA) is 91.6 Å². The van der Waals surface area contributed by atoms with Crippen LogP contribution < -0.4 is 14.4 Å². The third-order valence-corrected chi connectivity index (χ3v) is 5.27. The predicted octanol–water partition coefficient (Wildman–Crippen LogP) is 2.94. The van der Waals surface area contributed by atoms with Crippen LogP contribution >= 0.6 is 0 Å². The summed E-state index contributed by atoms with van der Waals surface area (Å²) in [6.07, 6.45) is 3.51. The van der Waals surface area contributed by atoms with E-state index in [1.807, 2.05) is 45.3 Å². The molecule has 0 bridgehead atoms. The number of fused-ring (bicyclic) bond motifs is 1. The van der Waals surface area contributed by atoms with Gasteiger partial charge in [0.15, 0.2) is 11.6 Å². The van der Waals surface area contributed by atoms with E-state index in [1.165, 1.54) is 0 Å². The van der Waals surface area contributed by atoms with Crippen molar-refractivity contribution >= 4 is 11.7 Å². The zero-order chi connectivity index (χ0) is 22.1. The van der Waals surface area contributed by atoms with E-state index >= 15 is 0 Å². The summed E-state index contributed by atoms with van der Waals surface area (Å²) in [5.74, 6) is 1.43. The van der Waals surface area contributed by atoms with Crippen LogP contribution in [0, 0.1) is 6.92 Å². The summed E-state index contributed by atoms with van der Waals surface area (Å²) < 4.78 is 17.7. The van der Waals surface area contributed by atoms with Crippen LogP contribution in [0.5, 0.6) is 11.6 Å². The highest BCUT2D eigenvalue weighted by molar-refractivity contribution is 6.11. The van der Waals surface area contributed by atoms with Gasteiger partial charge in [0.2, 0.25) is 0 Å². The van der Waals surface area contributed by atoms with Crippen molar-refractivity contribution in [1.29, 1.82) is 0 Å². The van der Waals surface area contributed by atoms with E-state index in [2.05, 4.69) is 10.1 Å². The number of rotatable bonds is 7. The molecular weight excluding hydrogens is 398 g/mol. The lowest BCUT2D eigenvalue weighted by atomic mass is 10.0. The van der Waals surface area contributed by atoms with Crippen molar-refractivity contribution in [3.63, 3.8) is 0 Å². The Kier molecular flexibility index (Phi) is 5.60.